The first-order valence-corrected chi connectivity index (χ1v) is 11.5. The van der Waals surface area contributed by atoms with E-state index in [0.29, 0.717) is 38.5 Å². The van der Waals surface area contributed by atoms with Gasteiger partial charge in [0.15, 0.2) is 5.25 Å². The summed E-state index contributed by atoms with van der Waals surface area (Å²) in [7, 11) is -5.39. The molecule has 0 amide bonds. The summed E-state index contributed by atoms with van der Waals surface area (Å²) in [5.74, 6) is -4.43. The molecule has 0 aliphatic heterocycles. The summed E-state index contributed by atoms with van der Waals surface area (Å²) in [6, 6.07) is 0. The third kappa shape index (κ3) is 14.5. The Labute approximate surface area is 204 Å². The van der Waals surface area contributed by atoms with E-state index in [1.807, 2.05) is 13.8 Å². The average Bonchev–Trinajstić information content (AvgIpc) is 2.65. The standard InChI is InChI=1S/C20H38O7S.Na/c1-5-9-11-16(7-3)14-26-19(21)13-18(28(23,24)25)20(22)27-15-17(8-4)12-10-6-2;/h16-18H,5-15H2,1-4H3,(H,23,24,25);/q;+1/p-1/i14D2,15D2;. The van der Waals surface area contributed by atoms with Gasteiger partial charge >= 0.3 is 41.5 Å². The van der Waals surface area contributed by atoms with Gasteiger partial charge < -0.3 is 14.0 Å². The predicted molar refractivity (Wildman–Crippen MR) is 107 cm³/mol. The van der Waals surface area contributed by atoms with Gasteiger partial charge in [0, 0.05) is 0 Å². The van der Waals surface area contributed by atoms with Crippen LogP contribution in [0.2, 0.25) is 0 Å². The van der Waals surface area contributed by atoms with Crippen LogP contribution in [0.5, 0.6) is 0 Å². The maximum Gasteiger partial charge on any atom is 1.00 e. The zero-order valence-electron chi connectivity index (χ0n) is 22.4. The molecule has 0 aromatic carbocycles. The van der Waals surface area contributed by atoms with Gasteiger partial charge in [-0.15, -0.1) is 0 Å². The zero-order valence-corrected chi connectivity index (χ0v) is 21.2. The van der Waals surface area contributed by atoms with E-state index in [2.05, 4.69) is 0 Å². The Kier molecular flexibility index (Phi) is 14.2. The summed E-state index contributed by atoms with van der Waals surface area (Å²) in [5.41, 5.74) is 0. The molecule has 0 rings (SSSR count). The van der Waals surface area contributed by atoms with Crippen LogP contribution < -0.4 is 29.6 Å². The van der Waals surface area contributed by atoms with E-state index in [9.17, 15) is 22.6 Å². The normalized spacial score (nSPS) is 17.4. The molecule has 0 aromatic heterocycles. The molecule has 166 valence electrons. The molecule has 0 N–H and O–H groups in total. The third-order valence-corrected chi connectivity index (χ3v) is 5.48. The molecule has 0 bridgehead atoms. The third-order valence-electron chi connectivity index (χ3n) is 4.43. The number of rotatable bonds is 16. The molecular weight excluding hydrogens is 407 g/mol. The van der Waals surface area contributed by atoms with Crippen molar-refractivity contribution >= 4 is 22.1 Å². The van der Waals surface area contributed by atoms with Crippen LogP contribution >= 0.6 is 0 Å². The Morgan fingerprint density at radius 3 is 1.76 bits per heavy atom. The first kappa shape index (κ1) is 23.5. The summed E-state index contributed by atoms with van der Waals surface area (Å²) in [4.78, 5) is 24.6. The van der Waals surface area contributed by atoms with Crippen LogP contribution in [-0.4, -0.2) is 43.3 Å². The van der Waals surface area contributed by atoms with Gasteiger partial charge in [-0.3, -0.25) is 9.59 Å². The van der Waals surface area contributed by atoms with Crippen LogP contribution in [0.25, 0.3) is 0 Å². The molecule has 9 heteroatoms. The molecule has 0 spiro atoms. The summed E-state index contributed by atoms with van der Waals surface area (Å²) < 4.78 is 76.5. The van der Waals surface area contributed by atoms with Crippen molar-refractivity contribution in [3.05, 3.63) is 0 Å². The van der Waals surface area contributed by atoms with E-state index in [0.717, 1.165) is 12.8 Å². The van der Waals surface area contributed by atoms with Crippen molar-refractivity contribution in [2.45, 2.75) is 90.7 Å². The van der Waals surface area contributed by atoms with Crippen LogP contribution in [0.3, 0.4) is 0 Å². The maximum absolute atomic E-state index is 12.4. The molecule has 0 radical (unpaired) electrons. The molecule has 0 saturated heterocycles. The Morgan fingerprint density at radius 2 is 1.38 bits per heavy atom. The molecule has 3 atom stereocenters. The second-order valence-corrected chi connectivity index (χ2v) is 8.37. The van der Waals surface area contributed by atoms with Crippen LogP contribution in [0.4, 0.5) is 0 Å². The molecule has 0 aliphatic carbocycles. The average molecular weight is 449 g/mol. The van der Waals surface area contributed by atoms with Crippen molar-refractivity contribution in [1.29, 1.82) is 0 Å². The Morgan fingerprint density at radius 1 is 0.931 bits per heavy atom. The number of hydrogen-bond donors (Lipinski definition) is 0. The molecule has 0 fully saturated rings. The monoisotopic (exact) mass is 448 g/mol. The van der Waals surface area contributed by atoms with Crippen LogP contribution in [0.1, 0.15) is 91.0 Å². The zero-order chi connectivity index (χ0) is 25.2. The van der Waals surface area contributed by atoms with Gasteiger partial charge in [-0.2, -0.15) is 0 Å². The van der Waals surface area contributed by atoms with E-state index < -0.39 is 58.7 Å². The van der Waals surface area contributed by atoms with Gasteiger partial charge in [-0.25, -0.2) is 8.42 Å². The van der Waals surface area contributed by atoms with Crippen molar-refractivity contribution in [3.63, 3.8) is 0 Å². The SMILES string of the molecule is [2H]C([2H])(OC(=O)CC(C(=O)OC([2H])([2H])C(CC)CCCC)S(=O)(=O)[O-])C(CC)CCCC.[Na+]. The van der Waals surface area contributed by atoms with Crippen LogP contribution in [-0.2, 0) is 29.2 Å². The first-order chi connectivity index (χ1) is 14.7. The summed E-state index contributed by atoms with van der Waals surface area (Å²) in [6.07, 6.45) is 3.20. The van der Waals surface area contributed by atoms with Crippen molar-refractivity contribution in [3.8, 4) is 0 Å². The van der Waals surface area contributed by atoms with Crippen molar-refractivity contribution in [2.24, 2.45) is 11.8 Å². The Bertz CT molecular complexity index is 705. The summed E-state index contributed by atoms with van der Waals surface area (Å²) >= 11 is 0. The molecule has 29 heavy (non-hydrogen) atoms. The van der Waals surface area contributed by atoms with E-state index >= 15 is 0 Å². The van der Waals surface area contributed by atoms with Crippen molar-refractivity contribution in [2.75, 3.05) is 13.1 Å². The van der Waals surface area contributed by atoms with Gasteiger partial charge in [-0.1, -0.05) is 66.2 Å². The van der Waals surface area contributed by atoms with Gasteiger partial charge in [0.1, 0.15) is 10.1 Å². The molecule has 3 unspecified atom stereocenters. The van der Waals surface area contributed by atoms with Crippen LogP contribution in [0.15, 0.2) is 0 Å². The fourth-order valence-corrected chi connectivity index (χ4v) is 3.07. The molecule has 0 saturated carbocycles. The quantitative estimate of drug-likeness (QED) is 0.195. The van der Waals surface area contributed by atoms with E-state index in [1.165, 1.54) is 0 Å². The number of hydrogen-bond acceptors (Lipinski definition) is 7. The van der Waals surface area contributed by atoms with Gasteiger partial charge in [0.2, 0.25) is 0 Å². The number of carbonyl (C=O) groups excluding carboxylic acids is 2. The fraction of sp³-hybridized carbons (Fsp3) is 0.900. The number of ether oxygens (including phenoxy) is 2. The van der Waals surface area contributed by atoms with Crippen molar-refractivity contribution in [1.82, 2.24) is 0 Å². The van der Waals surface area contributed by atoms with Crippen molar-refractivity contribution < 1.29 is 67.1 Å². The largest absolute Gasteiger partial charge is 1.00 e. The van der Waals surface area contributed by atoms with Crippen LogP contribution in [0, 0.1) is 11.8 Å². The van der Waals surface area contributed by atoms with E-state index in [4.69, 9.17) is 15.0 Å². The molecule has 0 heterocycles. The fourth-order valence-electron chi connectivity index (χ4n) is 2.45. The minimum atomic E-state index is -5.39. The topological polar surface area (TPSA) is 110 Å². The maximum atomic E-state index is 12.4. The molecule has 0 aromatic rings. The van der Waals surface area contributed by atoms with Gasteiger partial charge in [0.25, 0.3) is 0 Å². The number of esters is 2. The minimum Gasteiger partial charge on any atom is -0.747 e. The predicted octanol–water partition coefficient (Wildman–Crippen LogP) is 0.814. The second-order valence-electron chi connectivity index (χ2n) is 6.81. The van der Waals surface area contributed by atoms with Gasteiger partial charge in [0.05, 0.1) is 25.0 Å². The molecule has 0 aliphatic rings. The Balaban J connectivity index is 0. The summed E-state index contributed by atoms with van der Waals surface area (Å²) in [6.45, 7) is 2.30. The molecule has 7 nitrogen and oxygen atoms in total. The van der Waals surface area contributed by atoms with E-state index in [1.54, 1.807) is 13.8 Å². The number of unbranched alkanes of at least 4 members (excludes halogenated alkanes) is 2. The van der Waals surface area contributed by atoms with E-state index in [-0.39, 0.29) is 29.6 Å². The first-order valence-electron chi connectivity index (χ1n) is 12.0. The second kappa shape index (κ2) is 17.5. The minimum absolute atomic E-state index is 0. The number of carbonyl (C=O) groups is 2. The Hall–Kier alpha value is -0.150. The summed E-state index contributed by atoms with van der Waals surface area (Å²) in [5, 5.41) is -2.53. The van der Waals surface area contributed by atoms with Gasteiger partial charge in [-0.05, 0) is 24.7 Å². The smallest absolute Gasteiger partial charge is 0.747 e. The molecular formula is C20H37NaO7S.